The second-order valence-electron chi connectivity index (χ2n) is 4.12. The largest absolute Gasteiger partial charge is 0.439 e. The maximum absolute atomic E-state index is 5.83. The zero-order valence-corrected chi connectivity index (χ0v) is 11.7. The SMILES string of the molecule is CCCNc1cc(Oc2ccc(Cl)cc2)nc(C)n1. The van der Waals surface area contributed by atoms with E-state index in [0.29, 0.717) is 22.5 Å². The fourth-order valence-corrected chi connectivity index (χ4v) is 1.69. The van der Waals surface area contributed by atoms with Gasteiger partial charge in [0, 0.05) is 17.6 Å². The van der Waals surface area contributed by atoms with Crippen molar-refractivity contribution in [2.45, 2.75) is 20.3 Å². The lowest BCUT2D eigenvalue weighted by molar-refractivity contribution is 0.460. The van der Waals surface area contributed by atoms with Gasteiger partial charge in [0.05, 0.1) is 0 Å². The van der Waals surface area contributed by atoms with Crippen LogP contribution in [0.2, 0.25) is 5.02 Å². The quantitative estimate of drug-likeness (QED) is 0.895. The van der Waals surface area contributed by atoms with Crippen LogP contribution in [-0.2, 0) is 0 Å². The summed E-state index contributed by atoms with van der Waals surface area (Å²) in [5, 5.41) is 3.90. The Labute approximate surface area is 117 Å². The highest BCUT2D eigenvalue weighted by atomic mass is 35.5. The third-order valence-electron chi connectivity index (χ3n) is 2.41. The maximum Gasteiger partial charge on any atom is 0.224 e. The van der Waals surface area contributed by atoms with Gasteiger partial charge in [-0.25, -0.2) is 4.98 Å². The Kier molecular flexibility index (Phi) is 4.58. The van der Waals surface area contributed by atoms with Crippen molar-refractivity contribution in [2.75, 3.05) is 11.9 Å². The van der Waals surface area contributed by atoms with Gasteiger partial charge >= 0.3 is 0 Å². The van der Waals surface area contributed by atoms with Crippen LogP contribution < -0.4 is 10.1 Å². The third kappa shape index (κ3) is 4.10. The van der Waals surface area contributed by atoms with E-state index in [2.05, 4.69) is 22.2 Å². The van der Waals surface area contributed by atoms with Crippen LogP contribution in [0.3, 0.4) is 0 Å². The molecule has 5 heteroatoms. The Morgan fingerprint density at radius 2 is 1.95 bits per heavy atom. The molecule has 0 aliphatic rings. The van der Waals surface area contributed by atoms with Crippen molar-refractivity contribution in [3.63, 3.8) is 0 Å². The van der Waals surface area contributed by atoms with Crippen LogP contribution in [-0.4, -0.2) is 16.5 Å². The van der Waals surface area contributed by atoms with Gasteiger partial charge < -0.3 is 10.1 Å². The number of halogens is 1. The van der Waals surface area contributed by atoms with Crippen LogP contribution in [0.5, 0.6) is 11.6 Å². The second-order valence-corrected chi connectivity index (χ2v) is 4.56. The van der Waals surface area contributed by atoms with E-state index >= 15 is 0 Å². The number of aryl methyl sites for hydroxylation is 1. The zero-order valence-electron chi connectivity index (χ0n) is 11.0. The number of benzene rings is 1. The number of rotatable bonds is 5. The molecule has 0 saturated carbocycles. The number of anilines is 1. The Balaban J connectivity index is 2.15. The summed E-state index contributed by atoms with van der Waals surface area (Å²) in [6.45, 7) is 4.81. The van der Waals surface area contributed by atoms with Crippen molar-refractivity contribution in [3.8, 4) is 11.6 Å². The predicted molar refractivity (Wildman–Crippen MR) is 77.1 cm³/mol. The Morgan fingerprint density at radius 3 is 2.63 bits per heavy atom. The molecule has 0 atom stereocenters. The van der Waals surface area contributed by atoms with Crippen molar-refractivity contribution < 1.29 is 4.74 Å². The van der Waals surface area contributed by atoms with Crippen LogP contribution in [0.1, 0.15) is 19.2 Å². The molecule has 2 aromatic rings. The first-order chi connectivity index (χ1) is 9.17. The van der Waals surface area contributed by atoms with Crippen LogP contribution in [0.15, 0.2) is 30.3 Å². The first kappa shape index (κ1) is 13.6. The Hall–Kier alpha value is -1.81. The van der Waals surface area contributed by atoms with E-state index < -0.39 is 0 Å². The highest BCUT2D eigenvalue weighted by Crippen LogP contribution is 2.23. The molecule has 0 aliphatic carbocycles. The lowest BCUT2D eigenvalue weighted by Gasteiger charge is -2.09. The monoisotopic (exact) mass is 277 g/mol. The van der Waals surface area contributed by atoms with Gasteiger partial charge in [-0.15, -0.1) is 0 Å². The molecule has 0 spiro atoms. The molecule has 0 bridgehead atoms. The summed E-state index contributed by atoms with van der Waals surface area (Å²) in [5.74, 6) is 2.67. The number of hydrogen-bond donors (Lipinski definition) is 1. The summed E-state index contributed by atoms with van der Waals surface area (Å²) in [4.78, 5) is 8.56. The average Bonchev–Trinajstić information content (AvgIpc) is 2.38. The highest BCUT2D eigenvalue weighted by molar-refractivity contribution is 6.30. The third-order valence-corrected chi connectivity index (χ3v) is 2.66. The van der Waals surface area contributed by atoms with Gasteiger partial charge in [0.2, 0.25) is 5.88 Å². The molecule has 1 aromatic carbocycles. The average molecular weight is 278 g/mol. The minimum atomic E-state index is 0.522. The Morgan fingerprint density at radius 1 is 1.21 bits per heavy atom. The fourth-order valence-electron chi connectivity index (χ4n) is 1.56. The molecule has 0 aliphatic heterocycles. The van der Waals surface area contributed by atoms with Gasteiger partial charge in [0.1, 0.15) is 17.4 Å². The molecule has 1 heterocycles. The van der Waals surface area contributed by atoms with Crippen LogP contribution in [0.25, 0.3) is 0 Å². The van der Waals surface area contributed by atoms with Crippen molar-refractivity contribution in [2.24, 2.45) is 0 Å². The van der Waals surface area contributed by atoms with Gasteiger partial charge in [-0.3, -0.25) is 0 Å². The molecule has 100 valence electrons. The molecule has 2 rings (SSSR count). The van der Waals surface area contributed by atoms with Gasteiger partial charge in [0.25, 0.3) is 0 Å². The molecule has 0 unspecified atom stereocenters. The van der Waals surface area contributed by atoms with Gasteiger partial charge in [-0.2, -0.15) is 4.98 Å². The molecular formula is C14H16ClN3O. The van der Waals surface area contributed by atoms with Crippen LogP contribution in [0.4, 0.5) is 5.82 Å². The molecule has 4 nitrogen and oxygen atoms in total. The number of hydrogen-bond acceptors (Lipinski definition) is 4. The normalized spacial score (nSPS) is 10.3. The van der Waals surface area contributed by atoms with E-state index in [9.17, 15) is 0 Å². The van der Waals surface area contributed by atoms with E-state index in [4.69, 9.17) is 16.3 Å². The summed E-state index contributed by atoms with van der Waals surface area (Å²) in [6.07, 6.45) is 1.04. The van der Waals surface area contributed by atoms with E-state index in [1.54, 1.807) is 30.3 Å². The van der Waals surface area contributed by atoms with Gasteiger partial charge in [0.15, 0.2) is 0 Å². The van der Waals surface area contributed by atoms with E-state index in [1.165, 1.54) is 0 Å². The van der Waals surface area contributed by atoms with Crippen molar-refractivity contribution >= 4 is 17.4 Å². The molecule has 19 heavy (non-hydrogen) atoms. The summed E-state index contributed by atoms with van der Waals surface area (Å²) in [6, 6.07) is 8.96. The van der Waals surface area contributed by atoms with Crippen molar-refractivity contribution in [3.05, 3.63) is 41.2 Å². The minimum Gasteiger partial charge on any atom is -0.439 e. The van der Waals surface area contributed by atoms with Crippen molar-refractivity contribution in [1.82, 2.24) is 9.97 Å². The number of ether oxygens (including phenoxy) is 1. The first-order valence-corrected chi connectivity index (χ1v) is 6.58. The molecule has 0 saturated heterocycles. The standard InChI is InChI=1S/C14H16ClN3O/c1-3-8-16-13-9-14(18-10(2)17-13)19-12-6-4-11(15)5-7-12/h4-7,9H,3,8H2,1-2H3,(H,16,17,18). The minimum absolute atomic E-state index is 0.522. The first-order valence-electron chi connectivity index (χ1n) is 6.20. The summed E-state index contributed by atoms with van der Waals surface area (Å²) in [5.41, 5.74) is 0. The second kappa shape index (κ2) is 6.38. The highest BCUT2D eigenvalue weighted by Gasteiger charge is 2.04. The number of nitrogens with zero attached hydrogens (tertiary/aromatic N) is 2. The topological polar surface area (TPSA) is 47.0 Å². The number of aromatic nitrogens is 2. The zero-order chi connectivity index (χ0) is 13.7. The molecule has 0 radical (unpaired) electrons. The summed E-state index contributed by atoms with van der Waals surface area (Å²) in [7, 11) is 0. The van der Waals surface area contributed by atoms with E-state index in [-0.39, 0.29) is 0 Å². The summed E-state index contributed by atoms with van der Waals surface area (Å²) < 4.78 is 5.69. The molecular weight excluding hydrogens is 262 g/mol. The van der Waals surface area contributed by atoms with Gasteiger partial charge in [-0.05, 0) is 37.6 Å². The lowest BCUT2D eigenvalue weighted by atomic mass is 10.3. The maximum atomic E-state index is 5.83. The molecule has 0 amide bonds. The fraction of sp³-hybridized carbons (Fsp3) is 0.286. The predicted octanol–water partition coefficient (Wildman–Crippen LogP) is 4.05. The molecule has 1 N–H and O–H groups in total. The van der Waals surface area contributed by atoms with E-state index in [1.807, 2.05) is 6.92 Å². The number of nitrogens with one attached hydrogen (secondary N) is 1. The van der Waals surface area contributed by atoms with Crippen molar-refractivity contribution in [1.29, 1.82) is 0 Å². The van der Waals surface area contributed by atoms with Gasteiger partial charge in [-0.1, -0.05) is 18.5 Å². The van der Waals surface area contributed by atoms with Crippen LogP contribution in [0, 0.1) is 6.92 Å². The van der Waals surface area contributed by atoms with E-state index in [0.717, 1.165) is 18.8 Å². The van der Waals surface area contributed by atoms with Crippen LogP contribution >= 0.6 is 11.6 Å². The lowest BCUT2D eigenvalue weighted by Crippen LogP contribution is -2.04. The smallest absolute Gasteiger partial charge is 0.224 e. The summed E-state index contributed by atoms with van der Waals surface area (Å²) >= 11 is 5.83. The molecule has 1 aromatic heterocycles. The Bertz CT molecular complexity index is 543. The molecule has 0 fully saturated rings.